The summed E-state index contributed by atoms with van der Waals surface area (Å²) >= 11 is 1.74. The number of anilines is 2. The number of aromatic nitrogens is 2. The summed E-state index contributed by atoms with van der Waals surface area (Å²) in [4.78, 5) is 23.5. The van der Waals surface area contributed by atoms with Crippen LogP contribution < -0.4 is 16.0 Å². The molecule has 1 aliphatic heterocycles. The highest BCUT2D eigenvalue weighted by atomic mass is 32.1. The fourth-order valence-electron chi connectivity index (χ4n) is 7.43. The maximum Gasteiger partial charge on any atom is 0.410 e. The Bertz CT molecular complexity index is 1470. The van der Waals surface area contributed by atoms with E-state index < -0.39 is 5.60 Å². The molecule has 0 spiro atoms. The van der Waals surface area contributed by atoms with Crippen LogP contribution in [0.5, 0.6) is 0 Å². The predicted molar refractivity (Wildman–Crippen MR) is 176 cm³/mol. The Morgan fingerprint density at radius 2 is 1.89 bits per heavy atom. The van der Waals surface area contributed by atoms with Crippen LogP contribution in [0.15, 0.2) is 35.8 Å². The molecule has 1 saturated heterocycles. The van der Waals surface area contributed by atoms with Gasteiger partial charge in [-0.2, -0.15) is 10.2 Å². The second-order valence-corrected chi connectivity index (χ2v) is 14.7. The highest BCUT2D eigenvalue weighted by Gasteiger charge is 2.41. The van der Waals surface area contributed by atoms with Gasteiger partial charge in [-0.1, -0.05) is 24.6 Å². The Hall–Kier alpha value is -3.42. The molecule has 0 radical (unpaired) electrons. The van der Waals surface area contributed by atoms with Crippen LogP contribution in [0.25, 0.3) is 10.1 Å². The fraction of sp³-hybridized carbons (Fsp3) is 0.588. The van der Waals surface area contributed by atoms with Crippen LogP contribution in [0.2, 0.25) is 0 Å². The molecule has 3 aliphatic rings. The second-order valence-electron chi connectivity index (χ2n) is 13.8. The first-order valence-corrected chi connectivity index (χ1v) is 17.1. The predicted octanol–water partition coefficient (Wildman–Crippen LogP) is 6.77. The average Bonchev–Trinajstić information content (AvgIpc) is 3.48. The van der Waals surface area contributed by atoms with Crippen LogP contribution in [0.1, 0.15) is 76.8 Å². The average molecular weight is 616 g/mol. The summed E-state index contributed by atoms with van der Waals surface area (Å²) in [6, 6.07) is 11.7. The number of likely N-dealkylation sites (tertiary alicyclic amines) is 1. The number of nitrogens with one attached hydrogen (secondary N) is 3. The SMILES string of the molecule is CC(C)(C)OC(=O)N1CCC(NC2[C@@H]3CCC[C@H]2CC(CNc2nc(NCc4cccc5ccsc45)ncc2C#N)C3)CC1. The van der Waals surface area contributed by atoms with Gasteiger partial charge in [0.25, 0.3) is 0 Å². The van der Waals surface area contributed by atoms with E-state index in [1.807, 2.05) is 25.7 Å². The molecule has 3 aromatic rings. The van der Waals surface area contributed by atoms with Crippen molar-refractivity contribution in [2.24, 2.45) is 17.8 Å². The van der Waals surface area contributed by atoms with Gasteiger partial charge in [0.05, 0.1) is 6.20 Å². The molecule has 2 aliphatic carbocycles. The molecule has 3 N–H and O–H groups in total. The molecule has 234 valence electrons. The molecule has 3 heterocycles. The number of rotatable bonds is 8. The van der Waals surface area contributed by atoms with Crippen molar-refractivity contribution >= 4 is 39.3 Å². The topological polar surface area (TPSA) is 115 Å². The van der Waals surface area contributed by atoms with Crippen molar-refractivity contribution in [1.29, 1.82) is 5.26 Å². The first-order chi connectivity index (χ1) is 21.3. The molecule has 4 atom stereocenters. The Kier molecular flexibility index (Phi) is 9.24. The lowest BCUT2D eigenvalue weighted by Crippen LogP contribution is -2.55. The summed E-state index contributed by atoms with van der Waals surface area (Å²) in [5.41, 5.74) is 1.23. The number of ether oxygens (including phenoxy) is 1. The van der Waals surface area contributed by atoms with Crippen molar-refractivity contribution in [1.82, 2.24) is 20.2 Å². The number of amides is 1. The molecule has 2 aromatic heterocycles. The Morgan fingerprint density at radius 3 is 2.61 bits per heavy atom. The molecular formula is C34H45N7O2S. The van der Waals surface area contributed by atoms with Gasteiger partial charge in [0, 0.05) is 43.0 Å². The molecule has 1 amide bonds. The van der Waals surface area contributed by atoms with Crippen LogP contribution in [0.4, 0.5) is 16.6 Å². The van der Waals surface area contributed by atoms with E-state index in [1.165, 1.54) is 47.8 Å². The Labute approximate surface area is 264 Å². The van der Waals surface area contributed by atoms with Crippen molar-refractivity contribution in [3.63, 3.8) is 0 Å². The van der Waals surface area contributed by atoms with E-state index in [1.54, 1.807) is 17.5 Å². The van der Waals surface area contributed by atoms with E-state index >= 15 is 0 Å². The lowest BCUT2D eigenvalue weighted by molar-refractivity contribution is 0.0171. The number of nitriles is 1. The van der Waals surface area contributed by atoms with Crippen LogP contribution >= 0.6 is 11.3 Å². The first-order valence-electron chi connectivity index (χ1n) is 16.2. The molecule has 1 aromatic carbocycles. The van der Waals surface area contributed by atoms with Gasteiger partial charge >= 0.3 is 6.09 Å². The van der Waals surface area contributed by atoms with Gasteiger partial charge in [0.2, 0.25) is 5.95 Å². The number of carbonyl (C=O) groups excluding carboxylic acids is 1. The number of hydrogen-bond acceptors (Lipinski definition) is 9. The Morgan fingerprint density at radius 1 is 1.11 bits per heavy atom. The fourth-order valence-corrected chi connectivity index (χ4v) is 8.34. The third kappa shape index (κ3) is 7.27. The molecule has 2 unspecified atom stereocenters. The summed E-state index contributed by atoms with van der Waals surface area (Å²) in [6.07, 6.45) is 9.58. The van der Waals surface area contributed by atoms with E-state index in [4.69, 9.17) is 9.72 Å². The molecule has 10 heteroatoms. The minimum atomic E-state index is -0.459. The van der Waals surface area contributed by atoms with Crippen molar-refractivity contribution in [2.45, 2.75) is 89.9 Å². The highest BCUT2D eigenvalue weighted by molar-refractivity contribution is 7.17. The van der Waals surface area contributed by atoms with Crippen molar-refractivity contribution in [2.75, 3.05) is 30.3 Å². The van der Waals surface area contributed by atoms with E-state index in [0.29, 0.717) is 53.7 Å². The minimum Gasteiger partial charge on any atom is -0.444 e. The van der Waals surface area contributed by atoms with E-state index in [2.05, 4.69) is 56.6 Å². The Balaban J connectivity index is 1.02. The second kappa shape index (κ2) is 13.3. The zero-order chi connectivity index (χ0) is 30.7. The summed E-state index contributed by atoms with van der Waals surface area (Å²) in [5, 5.41) is 24.1. The van der Waals surface area contributed by atoms with Crippen LogP contribution in [-0.2, 0) is 11.3 Å². The van der Waals surface area contributed by atoms with Gasteiger partial charge in [0.1, 0.15) is 23.1 Å². The number of piperidine rings is 1. The number of nitrogens with zero attached hydrogens (tertiary/aromatic N) is 4. The third-order valence-electron chi connectivity index (χ3n) is 9.48. The summed E-state index contributed by atoms with van der Waals surface area (Å²) in [5.74, 6) is 3.02. The zero-order valence-corrected chi connectivity index (χ0v) is 27.0. The van der Waals surface area contributed by atoms with Crippen molar-refractivity contribution in [3.8, 4) is 6.07 Å². The lowest BCUT2D eigenvalue weighted by Gasteiger charge is -2.48. The van der Waals surface area contributed by atoms with Gasteiger partial charge in [-0.05, 0) is 99.4 Å². The molecular weight excluding hydrogens is 570 g/mol. The van der Waals surface area contributed by atoms with E-state index in [9.17, 15) is 10.1 Å². The van der Waals surface area contributed by atoms with Crippen LogP contribution in [0, 0.1) is 29.1 Å². The highest BCUT2D eigenvalue weighted by Crippen LogP contribution is 2.43. The number of carbonyl (C=O) groups is 1. The van der Waals surface area contributed by atoms with E-state index in [0.717, 1.165) is 32.5 Å². The van der Waals surface area contributed by atoms with Gasteiger partial charge < -0.3 is 25.6 Å². The van der Waals surface area contributed by atoms with Crippen LogP contribution in [-0.4, -0.2) is 58.3 Å². The molecule has 2 bridgehead atoms. The maximum absolute atomic E-state index is 12.5. The minimum absolute atomic E-state index is 0.192. The monoisotopic (exact) mass is 615 g/mol. The normalized spacial score (nSPS) is 24.1. The van der Waals surface area contributed by atoms with Gasteiger partial charge in [-0.3, -0.25) is 0 Å². The molecule has 2 saturated carbocycles. The van der Waals surface area contributed by atoms with Gasteiger partial charge in [0.15, 0.2) is 0 Å². The zero-order valence-electron chi connectivity index (χ0n) is 26.1. The molecule has 3 fully saturated rings. The standard InChI is InChI=1S/C34H45N7O2S/c1-34(2,3)43-33(42)41-13-10-28(11-14-41)39-29-24-7-5-8-25(29)17-22(16-24)19-36-31-27(18-35)21-38-32(40-31)37-20-26-9-4-6-23-12-15-44-30(23)26/h4,6,9,12,15,21-22,24-25,28-29,39H,5,7-8,10-11,13-14,16-17,19-20H2,1-3H3,(H2,36,37,38,40)/t22?,24-,25+,29?. The maximum atomic E-state index is 12.5. The van der Waals surface area contributed by atoms with Crippen molar-refractivity contribution < 1.29 is 9.53 Å². The molecule has 44 heavy (non-hydrogen) atoms. The largest absolute Gasteiger partial charge is 0.444 e. The van der Waals surface area contributed by atoms with Gasteiger partial charge in [-0.15, -0.1) is 11.3 Å². The van der Waals surface area contributed by atoms with Gasteiger partial charge in [-0.25, -0.2) is 9.78 Å². The quantitative estimate of drug-likeness (QED) is 0.254. The molecule has 6 rings (SSSR count). The van der Waals surface area contributed by atoms with E-state index in [-0.39, 0.29) is 6.09 Å². The molecule has 9 nitrogen and oxygen atoms in total. The third-order valence-corrected chi connectivity index (χ3v) is 10.5. The number of benzene rings is 1. The summed E-state index contributed by atoms with van der Waals surface area (Å²) in [6.45, 7) is 8.70. The summed E-state index contributed by atoms with van der Waals surface area (Å²) in [7, 11) is 0. The number of hydrogen-bond donors (Lipinski definition) is 3. The number of fused-ring (bicyclic) bond motifs is 3. The smallest absolute Gasteiger partial charge is 0.410 e. The number of thiophene rings is 1. The first kappa shape index (κ1) is 30.6. The lowest BCUT2D eigenvalue weighted by atomic mass is 9.64. The van der Waals surface area contributed by atoms with Crippen LogP contribution in [0.3, 0.4) is 0 Å². The summed E-state index contributed by atoms with van der Waals surface area (Å²) < 4.78 is 6.86. The van der Waals surface area contributed by atoms with Crippen molar-refractivity contribution in [3.05, 3.63) is 47.0 Å².